The number of rotatable bonds is 1. The van der Waals surface area contributed by atoms with Crippen molar-refractivity contribution in [2.24, 2.45) is 0 Å². The predicted octanol–water partition coefficient (Wildman–Crippen LogP) is 3.82. The van der Waals surface area contributed by atoms with Gasteiger partial charge in [0.15, 0.2) is 0 Å². The van der Waals surface area contributed by atoms with E-state index in [-0.39, 0.29) is 0 Å². The van der Waals surface area contributed by atoms with Crippen LogP contribution in [0.1, 0.15) is 0 Å². The molecule has 0 atom stereocenters. The van der Waals surface area contributed by atoms with Gasteiger partial charge in [0.05, 0.1) is 11.4 Å². The molecule has 0 fully saturated rings. The van der Waals surface area contributed by atoms with Gasteiger partial charge in [-0.15, -0.1) is 0 Å². The molecule has 0 aliphatic heterocycles. The minimum atomic E-state index is 0.763. The molecule has 0 saturated carbocycles. The van der Waals surface area contributed by atoms with E-state index in [0.29, 0.717) is 0 Å². The largest absolute Gasteiger partial charge is 0.360 e. The molecule has 1 aromatic carbocycles. The van der Waals surface area contributed by atoms with E-state index < -0.39 is 0 Å². The summed E-state index contributed by atoms with van der Waals surface area (Å²) in [7, 11) is 0. The van der Waals surface area contributed by atoms with E-state index in [1.807, 2.05) is 36.5 Å². The average Bonchev–Trinajstić information content (AvgIpc) is 2.84. The Labute approximate surface area is 91.9 Å². The Morgan fingerprint density at radius 2 is 1.93 bits per heavy atom. The maximum atomic E-state index is 5.93. The molecular weight excluding hydrogens is 208 g/mol. The minimum Gasteiger partial charge on any atom is -0.360 e. The summed E-state index contributed by atoms with van der Waals surface area (Å²) in [5, 5.41) is 1.90. The van der Waals surface area contributed by atoms with Crippen molar-refractivity contribution in [2.45, 2.75) is 0 Å². The summed E-state index contributed by atoms with van der Waals surface area (Å²) in [6, 6.07) is 11.9. The molecule has 2 N–H and O–H groups in total. The topological polar surface area (TPSA) is 31.6 Å². The van der Waals surface area contributed by atoms with E-state index in [9.17, 15) is 0 Å². The summed E-state index contributed by atoms with van der Waals surface area (Å²) in [6.45, 7) is 0. The molecule has 0 aliphatic rings. The van der Waals surface area contributed by atoms with Crippen molar-refractivity contribution in [3.63, 3.8) is 0 Å². The first-order valence-corrected chi connectivity index (χ1v) is 5.13. The van der Waals surface area contributed by atoms with Crippen molar-refractivity contribution in [1.82, 2.24) is 9.97 Å². The molecule has 0 amide bonds. The highest BCUT2D eigenvalue weighted by Crippen LogP contribution is 2.24. The number of hydrogen-bond donors (Lipinski definition) is 2. The molecule has 74 valence electrons. The predicted molar refractivity (Wildman–Crippen MR) is 63.1 cm³/mol. The van der Waals surface area contributed by atoms with Gasteiger partial charge in [-0.05, 0) is 36.4 Å². The fraction of sp³-hybridized carbons (Fsp3) is 0. The number of hydrogen-bond acceptors (Lipinski definition) is 0. The van der Waals surface area contributed by atoms with Crippen LogP contribution in [0.25, 0.3) is 22.3 Å². The van der Waals surface area contributed by atoms with E-state index in [4.69, 9.17) is 11.6 Å². The number of H-pyrrole nitrogens is 2. The van der Waals surface area contributed by atoms with Crippen LogP contribution in [0.4, 0.5) is 0 Å². The first-order valence-electron chi connectivity index (χ1n) is 4.75. The second-order valence-electron chi connectivity index (χ2n) is 3.50. The van der Waals surface area contributed by atoms with Gasteiger partial charge in [-0.1, -0.05) is 11.6 Å². The SMILES string of the molecule is Clc1ccc2[nH]c(-c3ccc[nH]3)cc2c1. The first-order chi connectivity index (χ1) is 7.33. The van der Waals surface area contributed by atoms with Crippen LogP contribution in [0, 0.1) is 0 Å². The lowest BCUT2D eigenvalue weighted by molar-refractivity contribution is 1.35. The average molecular weight is 217 g/mol. The molecule has 2 heterocycles. The number of halogens is 1. The van der Waals surface area contributed by atoms with Crippen molar-refractivity contribution < 1.29 is 0 Å². The van der Waals surface area contributed by atoms with Gasteiger partial charge in [-0.3, -0.25) is 0 Å². The number of aromatic nitrogens is 2. The Morgan fingerprint density at radius 3 is 2.73 bits per heavy atom. The number of fused-ring (bicyclic) bond motifs is 1. The highest BCUT2D eigenvalue weighted by molar-refractivity contribution is 6.31. The number of nitrogens with one attached hydrogen (secondary N) is 2. The molecule has 0 spiro atoms. The summed E-state index contributed by atoms with van der Waals surface area (Å²) >= 11 is 5.93. The van der Waals surface area contributed by atoms with E-state index in [0.717, 1.165) is 27.3 Å². The Hall–Kier alpha value is -1.67. The Kier molecular flexibility index (Phi) is 1.82. The number of aromatic amines is 2. The molecule has 0 bridgehead atoms. The van der Waals surface area contributed by atoms with Crippen LogP contribution in [-0.2, 0) is 0 Å². The van der Waals surface area contributed by atoms with Crippen molar-refractivity contribution in [3.8, 4) is 11.4 Å². The molecule has 0 aliphatic carbocycles. The van der Waals surface area contributed by atoms with Crippen LogP contribution in [0.3, 0.4) is 0 Å². The fourth-order valence-electron chi connectivity index (χ4n) is 1.75. The summed E-state index contributed by atoms with van der Waals surface area (Å²) < 4.78 is 0. The summed E-state index contributed by atoms with van der Waals surface area (Å²) in [5.74, 6) is 0. The molecule has 3 aromatic rings. The van der Waals surface area contributed by atoms with E-state index in [1.165, 1.54) is 0 Å². The van der Waals surface area contributed by atoms with Crippen LogP contribution in [0.2, 0.25) is 5.02 Å². The number of benzene rings is 1. The van der Waals surface area contributed by atoms with Gasteiger partial charge in [-0.25, -0.2) is 0 Å². The highest BCUT2D eigenvalue weighted by atomic mass is 35.5. The smallest absolute Gasteiger partial charge is 0.0630 e. The zero-order valence-electron chi connectivity index (χ0n) is 7.92. The van der Waals surface area contributed by atoms with Gasteiger partial charge in [0.1, 0.15) is 0 Å². The molecule has 0 saturated heterocycles. The highest BCUT2D eigenvalue weighted by Gasteiger charge is 2.03. The molecule has 15 heavy (non-hydrogen) atoms. The van der Waals surface area contributed by atoms with Crippen molar-refractivity contribution >= 4 is 22.5 Å². The third-order valence-electron chi connectivity index (χ3n) is 2.47. The monoisotopic (exact) mass is 216 g/mol. The molecule has 0 radical (unpaired) electrons. The Balaban J connectivity index is 2.22. The summed E-state index contributed by atoms with van der Waals surface area (Å²) in [6.07, 6.45) is 1.91. The fourth-order valence-corrected chi connectivity index (χ4v) is 1.93. The molecule has 3 heteroatoms. The summed E-state index contributed by atoms with van der Waals surface area (Å²) in [5.41, 5.74) is 3.27. The van der Waals surface area contributed by atoms with Crippen molar-refractivity contribution in [3.05, 3.63) is 47.6 Å². The second-order valence-corrected chi connectivity index (χ2v) is 3.93. The van der Waals surface area contributed by atoms with Gasteiger partial charge in [0.2, 0.25) is 0 Å². The molecule has 2 nitrogen and oxygen atoms in total. The van der Waals surface area contributed by atoms with Crippen LogP contribution < -0.4 is 0 Å². The summed E-state index contributed by atoms with van der Waals surface area (Å²) in [4.78, 5) is 6.50. The van der Waals surface area contributed by atoms with Gasteiger partial charge in [0.25, 0.3) is 0 Å². The lowest BCUT2D eigenvalue weighted by Gasteiger charge is -1.90. The van der Waals surface area contributed by atoms with E-state index in [2.05, 4.69) is 16.0 Å². The molecule has 2 aromatic heterocycles. The zero-order valence-corrected chi connectivity index (χ0v) is 8.68. The van der Waals surface area contributed by atoms with Gasteiger partial charge < -0.3 is 9.97 Å². The normalized spacial score (nSPS) is 11.0. The standard InChI is InChI=1S/C12H9ClN2/c13-9-3-4-10-8(6-9)7-12(15-10)11-2-1-5-14-11/h1-7,14-15H. The van der Waals surface area contributed by atoms with Crippen molar-refractivity contribution in [1.29, 1.82) is 0 Å². The van der Waals surface area contributed by atoms with E-state index in [1.54, 1.807) is 0 Å². The minimum absolute atomic E-state index is 0.763. The zero-order chi connectivity index (χ0) is 10.3. The molecule has 0 unspecified atom stereocenters. The molecule has 3 rings (SSSR count). The lowest BCUT2D eigenvalue weighted by atomic mass is 10.2. The van der Waals surface area contributed by atoms with Crippen molar-refractivity contribution in [2.75, 3.05) is 0 Å². The maximum absolute atomic E-state index is 5.93. The van der Waals surface area contributed by atoms with E-state index >= 15 is 0 Å². The second kappa shape index (κ2) is 3.17. The quantitative estimate of drug-likeness (QED) is 0.620. The van der Waals surface area contributed by atoms with Crippen LogP contribution in [0.5, 0.6) is 0 Å². The Bertz CT molecular complexity index is 593. The Morgan fingerprint density at radius 1 is 1.00 bits per heavy atom. The van der Waals surface area contributed by atoms with Gasteiger partial charge in [0, 0.05) is 22.1 Å². The third kappa shape index (κ3) is 1.43. The maximum Gasteiger partial charge on any atom is 0.0630 e. The first kappa shape index (κ1) is 8.62. The van der Waals surface area contributed by atoms with Gasteiger partial charge >= 0.3 is 0 Å². The van der Waals surface area contributed by atoms with Crippen LogP contribution in [0.15, 0.2) is 42.6 Å². The van der Waals surface area contributed by atoms with Gasteiger partial charge in [-0.2, -0.15) is 0 Å². The lowest BCUT2D eigenvalue weighted by Crippen LogP contribution is -1.74. The third-order valence-corrected chi connectivity index (χ3v) is 2.71. The molecular formula is C12H9ClN2. The van der Waals surface area contributed by atoms with Crippen LogP contribution in [-0.4, -0.2) is 9.97 Å². The van der Waals surface area contributed by atoms with Crippen LogP contribution >= 0.6 is 11.6 Å².